The van der Waals surface area contributed by atoms with E-state index in [0.717, 1.165) is 6.42 Å². The third-order valence-electron chi connectivity index (χ3n) is 2.59. The Hall–Kier alpha value is -2.10. The van der Waals surface area contributed by atoms with Crippen molar-refractivity contribution < 1.29 is 9.59 Å². The van der Waals surface area contributed by atoms with Crippen LogP contribution in [0.5, 0.6) is 0 Å². The van der Waals surface area contributed by atoms with Gasteiger partial charge in [0.2, 0.25) is 5.91 Å². The number of rotatable bonds is 5. The molecule has 102 valence electrons. The second-order valence-electron chi connectivity index (χ2n) is 4.23. The molecule has 1 aromatic carbocycles. The molecular formula is C15H20N2O2. The lowest BCUT2D eigenvalue weighted by Crippen LogP contribution is -2.13. The van der Waals surface area contributed by atoms with Crippen LogP contribution in [0.15, 0.2) is 35.9 Å². The smallest absolute Gasteiger partial charge is 0.250 e. The van der Waals surface area contributed by atoms with Gasteiger partial charge in [-0.25, -0.2) is 0 Å². The van der Waals surface area contributed by atoms with Gasteiger partial charge in [0, 0.05) is 23.4 Å². The molecule has 0 aliphatic rings. The maximum atomic E-state index is 11.8. The summed E-state index contributed by atoms with van der Waals surface area (Å²) in [5.74, 6) is -0.175. The normalized spacial score (nSPS) is 11.0. The predicted octanol–water partition coefficient (Wildman–Crippen LogP) is 3.33. The van der Waals surface area contributed by atoms with Gasteiger partial charge in [0.05, 0.1) is 0 Å². The average molecular weight is 260 g/mol. The topological polar surface area (TPSA) is 58.2 Å². The summed E-state index contributed by atoms with van der Waals surface area (Å²) < 4.78 is 0. The Morgan fingerprint density at radius 3 is 2.37 bits per heavy atom. The van der Waals surface area contributed by atoms with Crippen molar-refractivity contribution in [1.82, 2.24) is 0 Å². The highest BCUT2D eigenvalue weighted by Gasteiger charge is 2.05. The molecule has 4 heteroatoms. The second kappa shape index (κ2) is 7.36. The van der Waals surface area contributed by atoms with Crippen LogP contribution in [-0.2, 0) is 9.59 Å². The molecule has 0 unspecified atom stereocenters. The zero-order chi connectivity index (χ0) is 14.3. The fraction of sp³-hybridized carbons (Fsp3) is 0.333. The summed E-state index contributed by atoms with van der Waals surface area (Å²) in [5.41, 5.74) is 2.04. The minimum Gasteiger partial charge on any atom is -0.326 e. The number of amides is 2. The fourth-order valence-electron chi connectivity index (χ4n) is 1.55. The van der Waals surface area contributed by atoms with Crippen molar-refractivity contribution in [2.24, 2.45) is 0 Å². The predicted molar refractivity (Wildman–Crippen MR) is 78.0 cm³/mol. The van der Waals surface area contributed by atoms with Gasteiger partial charge in [-0.2, -0.15) is 0 Å². The molecule has 1 aromatic rings. The molecule has 0 atom stereocenters. The van der Waals surface area contributed by atoms with Crippen LogP contribution < -0.4 is 10.6 Å². The van der Waals surface area contributed by atoms with Crippen LogP contribution in [0.1, 0.15) is 33.6 Å². The molecule has 0 radical (unpaired) electrons. The van der Waals surface area contributed by atoms with Gasteiger partial charge in [0.15, 0.2) is 0 Å². The van der Waals surface area contributed by atoms with E-state index in [1.54, 1.807) is 38.1 Å². The molecule has 0 saturated carbocycles. The summed E-state index contributed by atoms with van der Waals surface area (Å²) in [6.07, 6.45) is 3.12. The lowest BCUT2D eigenvalue weighted by atomic mass is 10.2. The number of benzene rings is 1. The van der Waals surface area contributed by atoms with Crippen LogP contribution in [0.2, 0.25) is 0 Å². The largest absolute Gasteiger partial charge is 0.326 e. The maximum Gasteiger partial charge on any atom is 0.250 e. The van der Waals surface area contributed by atoms with Gasteiger partial charge in [0.25, 0.3) is 5.91 Å². The highest BCUT2D eigenvalue weighted by molar-refractivity contribution is 6.03. The molecule has 0 bridgehead atoms. The summed E-state index contributed by atoms with van der Waals surface area (Å²) in [4.78, 5) is 23.1. The molecule has 0 aliphatic carbocycles. The minimum atomic E-state index is -0.124. The van der Waals surface area contributed by atoms with E-state index >= 15 is 0 Å². The molecular weight excluding hydrogens is 240 g/mol. The molecule has 4 nitrogen and oxygen atoms in total. The molecule has 1 rings (SSSR count). The fourth-order valence-corrected chi connectivity index (χ4v) is 1.55. The highest BCUT2D eigenvalue weighted by Crippen LogP contribution is 2.16. The summed E-state index contributed by atoms with van der Waals surface area (Å²) in [6, 6.07) is 7.11. The standard InChI is InChI=1S/C15H20N2O2/c1-4-7-11(3)15(19)17-13-9-6-8-12(10-13)16-14(18)5-2/h6-10H,4-5H2,1-3H3,(H,16,18)(H,17,19)/b11-7+. The van der Waals surface area contributed by atoms with Crippen LogP contribution >= 0.6 is 0 Å². The van der Waals surface area contributed by atoms with Crippen molar-refractivity contribution >= 4 is 23.2 Å². The maximum absolute atomic E-state index is 11.8. The van der Waals surface area contributed by atoms with Crippen LogP contribution in [-0.4, -0.2) is 11.8 Å². The molecule has 0 aromatic heterocycles. The quantitative estimate of drug-likeness (QED) is 0.798. The number of nitrogens with one attached hydrogen (secondary N) is 2. The molecule has 19 heavy (non-hydrogen) atoms. The summed E-state index contributed by atoms with van der Waals surface area (Å²) in [6.45, 7) is 5.55. The van der Waals surface area contributed by atoms with E-state index in [1.807, 2.05) is 13.0 Å². The molecule has 0 saturated heterocycles. The molecule has 2 amide bonds. The second-order valence-corrected chi connectivity index (χ2v) is 4.23. The van der Waals surface area contributed by atoms with E-state index in [4.69, 9.17) is 0 Å². The number of anilines is 2. The van der Waals surface area contributed by atoms with Crippen molar-refractivity contribution in [3.8, 4) is 0 Å². The van der Waals surface area contributed by atoms with Crippen molar-refractivity contribution in [3.05, 3.63) is 35.9 Å². The first-order chi connectivity index (χ1) is 9.06. The van der Waals surface area contributed by atoms with E-state index in [-0.39, 0.29) is 11.8 Å². The van der Waals surface area contributed by atoms with E-state index in [2.05, 4.69) is 10.6 Å². The van der Waals surface area contributed by atoms with Crippen molar-refractivity contribution in [2.75, 3.05) is 10.6 Å². The minimum absolute atomic E-state index is 0.0504. The SMILES string of the molecule is CC/C=C(\C)C(=O)Nc1cccc(NC(=O)CC)c1. The zero-order valence-corrected chi connectivity index (χ0v) is 11.6. The van der Waals surface area contributed by atoms with Crippen molar-refractivity contribution in [1.29, 1.82) is 0 Å². The third kappa shape index (κ3) is 4.95. The van der Waals surface area contributed by atoms with Gasteiger partial charge in [0.1, 0.15) is 0 Å². The Morgan fingerprint density at radius 1 is 1.16 bits per heavy atom. The van der Waals surface area contributed by atoms with E-state index in [1.165, 1.54) is 0 Å². The van der Waals surface area contributed by atoms with Crippen LogP contribution in [0.3, 0.4) is 0 Å². The van der Waals surface area contributed by atoms with Crippen LogP contribution in [0, 0.1) is 0 Å². The molecule has 0 heterocycles. The van der Waals surface area contributed by atoms with E-state index < -0.39 is 0 Å². The number of hydrogen-bond donors (Lipinski definition) is 2. The first-order valence-electron chi connectivity index (χ1n) is 6.44. The van der Waals surface area contributed by atoms with Crippen molar-refractivity contribution in [2.45, 2.75) is 33.6 Å². The first-order valence-corrected chi connectivity index (χ1v) is 6.44. The van der Waals surface area contributed by atoms with Gasteiger partial charge in [-0.3, -0.25) is 9.59 Å². The van der Waals surface area contributed by atoms with Gasteiger partial charge in [-0.05, 0) is 31.5 Å². The van der Waals surface area contributed by atoms with Gasteiger partial charge < -0.3 is 10.6 Å². The van der Waals surface area contributed by atoms with Gasteiger partial charge in [-0.1, -0.05) is 26.0 Å². The first kappa shape index (κ1) is 15.0. The summed E-state index contributed by atoms with van der Waals surface area (Å²) >= 11 is 0. The number of allylic oxidation sites excluding steroid dienone is 1. The summed E-state index contributed by atoms with van der Waals surface area (Å²) in [7, 11) is 0. The number of hydrogen-bond acceptors (Lipinski definition) is 2. The van der Waals surface area contributed by atoms with Crippen LogP contribution in [0.25, 0.3) is 0 Å². The summed E-state index contributed by atoms with van der Waals surface area (Å²) in [5, 5.41) is 5.55. The van der Waals surface area contributed by atoms with Gasteiger partial charge >= 0.3 is 0 Å². The molecule has 0 fully saturated rings. The Bertz CT molecular complexity index is 493. The van der Waals surface area contributed by atoms with Crippen LogP contribution in [0.4, 0.5) is 11.4 Å². The Morgan fingerprint density at radius 2 is 1.79 bits per heavy atom. The van der Waals surface area contributed by atoms with E-state index in [9.17, 15) is 9.59 Å². The Kier molecular flexibility index (Phi) is 5.79. The highest BCUT2D eigenvalue weighted by atomic mass is 16.2. The molecule has 0 spiro atoms. The molecule has 0 aliphatic heterocycles. The van der Waals surface area contributed by atoms with Crippen molar-refractivity contribution in [3.63, 3.8) is 0 Å². The lowest BCUT2D eigenvalue weighted by molar-refractivity contribution is -0.116. The number of carbonyl (C=O) groups excluding carboxylic acids is 2. The monoisotopic (exact) mass is 260 g/mol. The Labute approximate surface area is 113 Å². The van der Waals surface area contributed by atoms with E-state index in [0.29, 0.717) is 23.4 Å². The molecule has 2 N–H and O–H groups in total. The zero-order valence-electron chi connectivity index (χ0n) is 11.6. The van der Waals surface area contributed by atoms with Gasteiger partial charge in [-0.15, -0.1) is 0 Å². The third-order valence-corrected chi connectivity index (χ3v) is 2.59. The Balaban J connectivity index is 2.74. The average Bonchev–Trinajstić information content (AvgIpc) is 2.39. The lowest BCUT2D eigenvalue weighted by Gasteiger charge is -2.08. The number of carbonyl (C=O) groups is 2.